The Morgan fingerprint density at radius 2 is 2.04 bits per heavy atom. The summed E-state index contributed by atoms with van der Waals surface area (Å²) in [5.74, 6) is 0.555. The molecule has 27 heavy (non-hydrogen) atoms. The minimum absolute atomic E-state index is 0.0523. The molecule has 0 atom stereocenters. The topological polar surface area (TPSA) is 103 Å². The van der Waals surface area contributed by atoms with Gasteiger partial charge in [-0.1, -0.05) is 17.3 Å². The van der Waals surface area contributed by atoms with Crippen molar-refractivity contribution in [3.63, 3.8) is 0 Å². The molecule has 0 saturated carbocycles. The molecule has 0 aliphatic heterocycles. The van der Waals surface area contributed by atoms with Crippen LogP contribution in [0.25, 0.3) is 16.9 Å². The van der Waals surface area contributed by atoms with Gasteiger partial charge in [-0.05, 0) is 23.6 Å². The second kappa shape index (κ2) is 7.06. The molecule has 8 nitrogen and oxygen atoms in total. The Morgan fingerprint density at radius 1 is 1.22 bits per heavy atom. The van der Waals surface area contributed by atoms with E-state index < -0.39 is 10.0 Å². The lowest BCUT2D eigenvalue weighted by atomic mass is 10.2. The van der Waals surface area contributed by atoms with Crippen molar-refractivity contribution < 1.29 is 12.8 Å². The van der Waals surface area contributed by atoms with Crippen molar-refractivity contribution in [2.24, 2.45) is 0 Å². The summed E-state index contributed by atoms with van der Waals surface area (Å²) in [6.07, 6.45) is 3.23. The van der Waals surface area contributed by atoms with Crippen molar-refractivity contribution in [2.45, 2.75) is 18.4 Å². The highest BCUT2D eigenvalue weighted by molar-refractivity contribution is 7.89. The first-order chi connectivity index (χ1) is 13.0. The van der Waals surface area contributed by atoms with E-state index in [1.807, 2.05) is 16.8 Å². The molecule has 0 unspecified atom stereocenters. The fourth-order valence-electron chi connectivity index (χ4n) is 2.45. The van der Waals surface area contributed by atoms with Crippen LogP contribution >= 0.6 is 11.3 Å². The van der Waals surface area contributed by atoms with Gasteiger partial charge in [0.1, 0.15) is 12.0 Å². The van der Waals surface area contributed by atoms with Gasteiger partial charge < -0.3 is 4.42 Å². The van der Waals surface area contributed by atoms with Gasteiger partial charge >= 0.3 is 0 Å². The van der Waals surface area contributed by atoms with Gasteiger partial charge in [0.15, 0.2) is 5.89 Å². The van der Waals surface area contributed by atoms with Crippen LogP contribution in [0.2, 0.25) is 0 Å². The normalized spacial score (nSPS) is 11.7. The van der Waals surface area contributed by atoms with Gasteiger partial charge in [0.05, 0.1) is 29.0 Å². The fourth-order valence-corrected chi connectivity index (χ4v) is 4.07. The SMILES string of the molecule is Cc1nc(-c2ccc(S(=O)(=O)NCc3cn(-c4ccsc4)nn3)cc2)co1. The van der Waals surface area contributed by atoms with Gasteiger partial charge in [-0.15, -0.1) is 5.10 Å². The zero-order chi connectivity index (χ0) is 18.9. The van der Waals surface area contributed by atoms with Crippen LogP contribution in [0.3, 0.4) is 0 Å². The predicted octanol–water partition coefficient (Wildman–Crippen LogP) is 2.77. The Morgan fingerprint density at radius 3 is 2.70 bits per heavy atom. The van der Waals surface area contributed by atoms with Crippen LogP contribution in [0.4, 0.5) is 0 Å². The number of thiophene rings is 1. The lowest BCUT2D eigenvalue weighted by molar-refractivity contribution is 0.521. The highest BCUT2D eigenvalue weighted by Crippen LogP contribution is 2.20. The molecule has 1 N–H and O–H groups in total. The Hall–Kier alpha value is -2.82. The molecule has 0 radical (unpaired) electrons. The Balaban J connectivity index is 1.45. The number of nitrogens with zero attached hydrogens (tertiary/aromatic N) is 4. The van der Waals surface area contributed by atoms with Crippen molar-refractivity contribution in [2.75, 3.05) is 0 Å². The quantitative estimate of drug-likeness (QED) is 0.533. The van der Waals surface area contributed by atoms with Gasteiger partial charge in [0, 0.05) is 17.9 Å². The Labute approximate surface area is 159 Å². The maximum absolute atomic E-state index is 12.5. The maximum atomic E-state index is 12.5. The minimum Gasteiger partial charge on any atom is -0.449 e. The molecule has 3 heterocycles. The average Bonchev–Trinajstić information content (AvgIpc) is 3.41. The summed E-state index contributed by atoms with van der Waals surface area (Å²) in [5, 5.41) is 11.9. The van der Waals surface area contributed by atoms with E-state index in [0.717, 1.165) is 11.3 Å². The van der Waals surface area contributed by atoms with Crippen LogP contribution < -0.4 is 4.72 Å². The van der Waals surface area contributed by atoms with Gasteiger partial charge in [-0.2, -0.15) is 11.3 Å². The molecule has 3 aromatic heterocycles. The molecule has 0 aliphatic carbocycles. The molecule has 1 aromatic carbocycles. The number of hydrogen-bond acceptors (Lipinski definition) is 7. The zero-order valence-corrected chi connectivity index (χ0v) is 15.9. The molecule has 4 rings (SSSR count). The first-order valence-electron chi connectivity index (χ1n) is 7.97. The van der Waals surface area contributed by atoms with E-state index in [2.05, 4.69) is 20.0 Å². The van der Waals surface area contributed by atoms with Crippen LogP contribution in [0.15, 0.2) is 62.9 Å². The van der Waals surface area contributed by atoms with E-state index in [0.29, 0.717) is 17.3 Å². The molecule has 0 amide bonds. The number of oxazole rings is 1. The summed E-state index contributed by atoms with van der Waals surface area (Å²) in [6.45, 7) is 1.80. The molecule has 138 valence electrons. The zero-order valence-electron chi connectivity index (χ0n) is 14.2. The molecule has 0 spiro atoms. The molecular weight excluding hydrogens is 386 g/mol. The fraction of sp³-hybridized carbons (Fsp3) is 0.118. The van der Waals surface area contributed by atoms with E-state index >= 15 is 0 Å². The molecule has 0 bridgehead atoms. The largest absolute Gasteiger partial charge is 0.449 e. The number of nitrogens with one attached hydrogen (secondary N) is 1. The van der Waals surface area contributed by atoms with Crippen LogP contribution in [0, 0.1) is 6.92 Å². The van der Waals surface area contributed by atoms with Crippen LogP contribution in [-0.2, 0) is 16.6 Å². The van der Waals surface area contributed by atoms with Gasteiger partial charge in [-0.3, -0.25) is 0 Å². The standard InChI is InChI=1S/C17H15N5O3S2/c1-12-19-17(10-25-12)13-2-4-16(5-3-13)27(23,24)18-8-14-9-22(21-20-14)15-6-7-26-11-15/h2-7,9-11,18H,8H2,1H3. The van der Waals surface area contributed by atoms with Crippen LogP contribution in [0.5, 0.6) is 0 Å². The van der Waals surface area contributed by atoms with E-state index in [1.54, 1.807) is 41.3 Å². The number of sulfonamides is 1. The summed E-state index contributed by atoms with van der Waals surface area (Å²) in [7, 11) is -3.67. The number of hydrogen-bond donors (Lipinski definition) is 1. The van der Waals surface area contributed by atoms with Crippen molar-refractivity contribution in [1.82, 2.24) is 24.7 Å². The van der Waals surface area contributed by atoms with Crippen molar-refractivity contribution >= 4 is 21.4 Å². The van der Waals surface area contributed by atoms with Gasteiger partial charge in [0.25, 0.3) is 0 Å². The maximum Gasteiger partial charge on any atom is 0.240 e. The number of benzene rings is 1. The van der Waals surface area contributed by atoms with Gasteiger partial charge in [-0.25, -0.2) is 22.8 Å². The third kappa shape index (κ3) is 3.82. The van der Waals surface area contributed by atoms with Crippen molar-refractivity contribution in [3.8, 4) is 16.9 Å². The second-order valence-corrected chi connectivity index (χ2v) is 8.28. The van der Waals surface area contributed by atoms with E-state index in [9.17, 15) is 8.42 Å². The smallest absolute Gasteiger partial charge is 0.240 e. The summed E-state index contributed by atoms with van der Waals surface area (Å²) in [6, 6.07) is 8.36. The molecular formula is C17H15N5O3S2. The average molecular weight is 401 g/mol. The van der Waals surface area contributed by atoms with E-state index in [1.165, 1.54) is 18.4 Å². The highest BCUT2D eigenvalue weighted by atomic mass is 32.2. The molecule has 0 saturated heterocycles. The Kier molecular flexibility index (Phi) is 4.60. The summed E-state index contributed by atoms with van der Waals surface area (Å²) >= 11 is 1.55. The highest BCUT2D eigenvalue weighted by Gasteiger charge is 2.15. The van der Waals surface area contributed by atoms with Crippen LogP contribution in [0.1, 0.15) is 11.6 Å². The first-order valence-corrected chi connectivity index (χ1v) is 10.4. The Bertz CT molecular complexity index is 1150. The van der Waals surface area contributed by atoms with Crippen molar-refractivity contribution in [1.29, 1.82) is 0 Å². The van der Waals surface area contributed by atoms with E-state index in [4.69, 9.17) is 4.42 Å². The third-order valence-electron chi connectivity index (χ3n) is 3.83. The first kappa shape index (κ1) is 17.6. The summed E-state index contributed by atoms with van der Waals surface area (Å²) < 4.78 is 34.3. The number of aryl methyl sites for hydroxylation is 1. The third-order valence-corrected chi connectivity index (χ3v) is 5.92. The molecule has 10 heteroatoms. The molecule has 4 aromatic rings. The van der Waals surface area contributed by atoms with Crippen LogP contribution in [-0.4, -0.2) is 28.4 Å². The minimum atomic E-state index is -3.67. The van der Waals surface area contributed by atoms with E-state index in [-0.39, 0.29) is 11.4 Å². The van der Waals surface area contributed by atoms with Gasteiger partial charge in [0.2, 0.25) is 10.0 Å². The summed E-state index contributed by atoms with van der Waals surface area (Å²) in [5.41, 5.74) is 2.86. The second-order valence-electron chi connectivity index (χ2n) is 5.74. The summed E-state index contributed by atoms with van der Waals surface area (Å²) in [4.78, 5) is 4.39. The lowest BCUT2D eigenvalue weighted by Crippen LogP contribution is -2.23. The molecule has 0 aliphatic rings. The predicted molar refractivity (Wildman–Crippen MR) is 99.9 cm³/mol. The lowest BCUT2D eigenvalue weighted by Gasteiger charge is -2.05. The monoisotopic (exact) mass is 401 g/mol. The number of rotatable bonds is 6. The molecule has 0 fully saturated rings. The number of aromatic nitrogens is 4. The van der Waals surface area contributed by atoms with Crippen molar-refractivity contribution in [3.05, 3.63) is 65.1 Å².